The number of carbonyl (C=O) groups excluding carboxylic acids is 1. The predicted octanol–water partition coefficient (Wildman–Crippen LogP) is 2.33. The van der Waals surface area contributed by atoms with Crippen LogP contribution in [-0.2, 0) is 4.79 Å². The lowest BCUT2D eigenvalue weighted by molar-refractivity contribution is -0.116. The van der Waals surface area contributed by atoms with Crippen LogP contribution in [0.2, 0.25) is 0 Å². The molecule has 3 unspecified atom stereocenters. The molecule has 0 aromatic carbocycles. The van der Waals surface area contributed by atoms with E-state index >= 15 is 0 Å². The van der Waals surface area contributed by atoms with Gasteiger partial charge in [0.05, 0.1) is 0 Å². The highest BCUT2D eigenvalue weighted by Crippen LogP contribution is 2.27. The van der Waals surface area contributed by atoms with E-state index in [-0.39, 0.29) is 5.41 Å². The van der Waals surface area contributed by atoms with Gasteiger partial charge in [-0.3, -0.25) is 4.90 Å². The molecule has 3 atom stereocenters. The Labute approximate surface area is 87.7 Å². The number of nitrogens with zero attached hydrogens (tertiary/aromatic N) is 1. The standard InChI is InChI=1S/C12H23NO/c1-5-12(4,9-14)8-13-7-10(2)6-11(13)3/h9-11H,5-8H2,1-4H3. The summed E-state index contributed by atoms with van der Waals surface area (Å²) in [7, 11) is 0. The van der Waals surface area contributed by atoms with Crippen molar-refractivity contribution >= 4 is 6.29 Å². The summed E-state index contributed by atoms with van der Waals surface area (Å²) >= 11 is 0. The molecule has 0 saturated carbocycles. The Morgan fingerprint density at radius 1 is 1.50 bits per heavy atom. The molecule has 0 spiro atoms. The van der Waals surface area contributed by atoms with Gasteiger partial charge in [0.25, 0.3) is 0 Å². The van der Waals surface area contributed by atoms with Gasteiger partial charge in [0.1, 0.15) is 6.29 Å². The van der Waals surface area contributed by atoms with Crippen LogP contribution in [0, 0.1) is 11.3 Å². The molecule has 82 valence electrons. The SMILES string of the molecule is CCC(C)(C=O)CN1CC(C)CC1C. The van der Waals surface area contributed by atoms with Crippen LogP contribution in [0.25, 0.3) is 0 Å². The molecule has 1 aliphatic rings. The van der Waals surface area contributed by atoms with Crippen molar-refractivity contribution < 1.29 is 4.79 Å². The van der Waals surface area contributed by atoms with Gasteiger partial charge in [0, 0.05) is 24.5 Å². The molecule has 0 aromatic heterocycles. The lowest BCUT2D eigenvalue weighted by Crippen LogP contribution is -2.38. The van der Waals surface area contributed by atoms with Crippen LogP contribution in [0.5, 0.6) is 0 Å². The largest absolute Gasteiger partial charge is 0.303 e. The lowest BCUT2D eigenvalue weighted by atomic mass is 9.89. The number of hydrogen-bond donors (Lipinski definition) is 0. The Morgan fingerprint density at radius 2 is 2.14 bits per heavy atom. The van der Waals surface area contributed by atoms with E-state index in [2.05, 4.69) is 32.6 Å². The first-order valence-electron chi connectivity index (χ1n) is 5.71. The molecule has 0 aliphatic carbocycles. The number of rotatable bonds is 4. The average Bonchev–Trinajstić information content (AvgIpc) is 2.45. The van der Waals surface area contributed by atoms with E-state index in [9.17, 15) is 4.79 Å². The van der Waals surface area contributed by atoms with Gasteiger partial charge in [-0.15, -0.1) is 0 Å². The van der Waals surface area contributed by atoms with Gasteiger partial charge < -0.3 is 4.79 Å². The Bertz CT molecular complexity index is 204. The van der Waals surface area contributed by atoms with E-state index in [1.165, 1.54) is 6.42 Å². The summed E-state index contributed by atoms with van der Waals surface area (Å²) < 4.78 is 0. The minimum absolute atomic E-state index is 0.141. The molecule has 2 nitrogen and oxygen atoms in total. The summed E-state index contributed by atoms with van der Waals surface area (Å²) in [6.45, 7) is 10.8. The average molecular weight is 197 g/mol. The first kappa shape index (κ1) is 11.7. The van der Waals surface area contributed by atoms with Crippen LogP contribution in [0.1, 0.15) is 40.5 Å². The molecule has 1 fully saturated rings. The zero-order valence-electron chi connectivity index (χ0n) is 9.92. The summed E-state index contributed by atoms with van der Waals surface area (Å²) in [6, 6.07) is 0.649. The minimum atomic E-state index is -0.141. The molecule has 1 saturated heterocycles. The second kappa shape index (κ2) is 4.43. The third-order valence-corrected chi connectivity index (χ3v) is 3.57. The molecule has 0 bridgehead atoms. The van der Waals surface area contributed by atoms with Crippen molar-refractivity contribution in [2.75, 3.05) is 13.1 Å². The van der Waals surface area contributed by atoms with Gasteiger partial charge >= 0.3 is 0 Å². The molecule has 0 aromatic rings. The fourth-order valence-corrected chi connectivity index (χ4v) is 2.30. The van der Waals surface area contributed by atoms with Gasteiger partial charge in [0.2, 0.25) is 0 Å². The van der Waals surface area contributed by atoms with Crippen molar-refractivity contribution in [2.45, 2.75) is 46.6 Å². The molecular weight excluding hydrogens is 174 g/mol. The zero-order valence-corrected chi connectivity index (χ0v) is 9.92. The highest BCUT2D eigenvalue weighted by Gasteiger charge is 2.32. The molecule has 0 N–H and O–H groups in total. The van der Waals surface area contributed by atoms with E-state index < -0.39 is 0 Å². The third-order valence-electron chi connectivity index (χ3n) is 3.57. The van der Waals surface area contributed by atoms with E-state index in [1.807, 2.05) is 0 Å². The van der Waals surface area contributed by atoms with Crippen molar-refractivity contribution in [1.82, 2.24) is 4.90 Å². The van der Waals surface area contributed by atoms with E-state index in [0.717, 1.165) is 31.7 Å². The molecule has 0 amide bonds. The number of carbonyl (C=O) groups is 1. The molecule has 1 heterocycles. The molecule has 1 rings (SSSR count). The molecule has 14 heavy (non-hydrogen) atoms. The first-order valence-corrected chi connectivity index (χ1v) is 5.71. The summed E-state index contributed by atoms with van der Waals surface area (Å²) in [4.78, 5) is 13.5. The van der Waals surface area contributed by atoms with Gasteiger partial charge in [0.15, 0.2) is 0 Å². The number of hydrogen-bond acceptors (Lipinski definition) is 2. The number of likely N-dealkylation sites (tertiary alicyclic amines) is 1. The van der Waals surface area contributed by atoms with Crippen LogP contribution in [0.3, 0.4) is 0 Å². The van der Waals surface area contributed by atoms with Crippen molar-refractivity contribution in [3.8, 4) is 0 Å². The smallest absolute Gasteiger partial charge is 0.127 e. The summed E-state index contributed by atoms with van der Waals surface area (Å²) in [5.41, 5.74) is -0.141. The summed E-state index contributed by atoms with van der Waals surface area (Å²) in [5.74, 6) is 0.790. The molecule has 2 heteroatoms. The van der Waals surface area contributed by atoms with Crippen molar-refractivity contribution in [1.29, 1.82) is 0 Å². The Morgan fingerprint density at radius 3 is 2.50 bits per heavy atom. The first-order chi connectivity index (χ1) is 6.50. The van der Waals surface area contributed by atoms with Gasteiger partial charge in [-0.2, -0.15) is 0 Å². The quantitative estimate of drug-likeness (QED) is 0.645. The molecule has 0 radical (unpaired) electrons. The fourth-order valence-electron chi connectivity index (χ4n) is 2.30. The topological polar surface area (TPSA) is 20.3 Å². The zero-order chi connectivity index (χ0) is 10.8. The fraction of sp³-hybridized carbons (Fsp3) is 0.917. The van der Waals surface area contributed by atoms with Gasteiger partial charge in [-0.25, -0.2) is 0 Å². The van der Waals surface area contributed by atoms with E-state index in [0.29, 0.717) is 6.04 Å². The highest BCUT2D eigenvalue weighted by atomic mass is 16.1. The maximum atomic E-state index is 11.0. The Balaban J connectivity index is 2.55. The molecular formula is C12H23NO. The maximum Gasteiger partial charge on any atom is 0.127 e. The van der Waals surface area contributed by atoms with Crippen molar-refractivity contribution in [2.24, 2.45) is 11.3 Å². The second-order valence-corrected chi connectivity index (χ2v) is 5.24. The molecule has 1 aliphatic heterocycles. The van der Waals surface area contributed by atoms with Gasteiger partial charge in [-0.05, 0) is 25.7 Å². The summed E-state index contributed by atoms with van der Waals surface area (Å²) in [6.07, 6.45) is 3.34. The van der Waals surface area contributed by atoms with Crippen LogP contribution in [0.4, 0.5) is 0 Å². The highest BCUT2D eigenvalue weighted by molar-refractivity contribution is 5.58. The monoisotopic (exact) mass is 197 g/mol. The van der Waals surface area contributed by atoms with Crippen LogP contribution in [0.15, 0.2) is 0 Å². The van der Waals surface area contributed by atoms with Crippen molar-refractivity contribution in [3.05, 3.63) is 0 Å². The third kappa shape index (κ3) is 2.57. The lowest BCUT2D eigenvalue weighted by Gasteiger charge is -2.30. The second-order valence-electron chi connectivity index (χ2n) is 5.24. The number of aldehydes is 1. The van der Waals surface area contributed by atoms with Crippen LogP contribution < -0.4 is 0 Å². The predicted molar refractivity (Wildman–Crippen MR) is 59.3 cm³/mol. The Kier molecular flexibility index (Phi) is 3.71. The Hall–Kier alpha value is -0.370. The maximum absolute atomic E-state index is 11.0. The van der Waals surface area contributed by atoms with Crippen molar-refractivity contribution in [3.63, 3.8) is 0 Å². The van der Waals surface area contributed by atoms with Crippen LogP contribution in [-0.4, -0.2) is 30.3 Å². The summed E-state index contributed by atoms with van der Waals surface area (Å²) in [5, 5.41) is 0. The van der Waals surface area contributed by atoms with Gasteiger partial charge in [-0.1, -0.05) is 20.8 Å². The van der Waals surface area contributed by atoms with Crippen LogP contribution >= 0.6 is 0 Å². The van der Waals surface area contributed by atoms with E-state index in [4.69, 9.17) is 0 Å². The van der Waals surface area contributed by atoms with E-state index in [1.54, 1.807) is 0 Å². The normalized spacial score (nSPS) is 32.9. The minimum Gasteiger partial charge on any atom is -0.303 e.